The van der Waals surface area contributed by atoms with E-state index in [0.717, 1.165) is 18.4 Å². The molecule has 0 aliphatic carbocycles. The number of aryl methyl sites for hydroxylation is 1. The van der Waals surface area contributed by atoms with Crippen molar-refractivity contribution in [1.82, 2.24) is 4.31 Å². The molecule has 9 heteroatoms. The Bertz CT molecular complexity index is 915. The number of aliphatic imine (C=N–C) groups is 1. The minimum Gasteiger partial charge on any atom is -0.491 e. The van der Waals surface area contributed by atoms with E-state index in [2.05, 4.69) is 58.4 Å². The summed E-state index contributed by atoms with van der Waals surface area (Å²) < 4.78 is 8.05. The molecule has 0 unspecified atom stereocenters. The fourth-order valence-electron chi connectivity index (χ4n) is 3.05. The Morgan fingerprint density at radius 2 is 1.74 bits per heavy atom. The van der Waals surface area contributed by atoms with Gasteiger partial charge in [-0.05, 0) is 94.0 Å². The Kier molecular flexibility index (Phi) is 17.3. The number of aliphatic carboxylic acids is 1. The number of rotatable bonds is 8. The summed E-state index contributed by atoms with van der Waals surface area (Å²) in [6.07, 6.45) is 2.62. The van der Waals surface area contributed by atoms with Crippen LogP contribution < -0.4 is 4.74 Å². The van der Waals surface area contributed by atoms with Crippen molar-refractivity contribution < 1.29 is 19.7 Å². The standard InChI is InChI=1S/C13H19NOS.C11H12N2O2.CH4O.CH2S/c1-11(2)15-12-5-7-13(8-6-12)16-14-9-3-4-10-14;1-7-3-4-8(10(5-7)13-2)9(12)6-11(14)15;2*1-2/h5-8,11H,3-4,9-10H2,1-2H3;3-5,12H,2,6H2,1H3,(H,14,15);2H,1H3;1H2. The summed E-state index contributed by atoms with van der Waals surface area (Å²) in [5.41, 5.74) is 2.13. The Hall–Kier alpha value is -2.59. The van der Waals surface area contributed by atoms with Gasteiger partial charge in [-0.1, -0.05) is 24.4 Å². The zero-order valence-electron chi connectivity index (χ0n) is 21.0. The van der Waals surface area contributed by atoms with Crippen LogP contribution in [0.1, 0.15) is 44.2 Å². The summed E-state index contributed by atoms with van der Waals surface area (Å²) in [7, 11) is 1.00. The average molecular weight is 520 g/mol. The number of carboxylic acids is 1. The lowest BCUT2D eigenvalue weighted by atomic mass is 10.0. The SMILES string of the molecule is C=Nc1cc(C)ccc1C(=N)CC(=O)O.C=S.CC(C)Oc1ccc(SN2CCCC2)cc1.CO. The molecule has 2 aromatic carbocycles. The van der Waals surface area contributed by atoms with Gasteiger partial charge in [0.25, 0.3) is 0 Å². The Morgan fingerprint density at radius 3 is 2.23 bits per heavy atom. The molecule has 0 spiro atoms. The first kappa shape index (κ1) is 32.4. The van der Waals surface area contributed by atoms with Gasteiger partial charge in [0.2, 0.25) is 0 Å². The van der Waals surface area contributed by atoms with Crippen molar-refractivity contribution in [2.24, 2.45) is 4.99 Å². The molecule has 35 heavy (non-hydrogen) atoms. The molecular formula is C26H37N3O4S2. The van der Waals surface area contributed by atoms with Crippen LogP contribution in [0.4, 0.5) is 5.69 Å². The summed E-state index contributed by atoms with van der Waals surface area (Å²) in [5, 5.41) is 23.2. The van der Waals surface area contributed by atoms with Crippen molar-refractivity contribution in [2.45, 2.75) is 51.0 Å². The van der Waals surface area contributed by atoms with Gasteiger partial charge in [-0.2, -0.15) is 0 Å². The van der Waals surface area contributed by atoms with Crippen LogP contribution in [0.2, 0.25) is 0 Å². The maximum atomic E-state index is 10.5. The molecule has 0 saturated carbocycles. The first-order valence-corrected chi connectivity index (χ1v) is 12.4. The maximum absolute atomic E-state index is 10.5. The highest BCUT2D eigenvalue weighted by Crippen LogP contribution is 2.28. The van der Waals surface area contributed by atoms with Gasteiger partial charge < -0.3 is 20.4 Å². The third-order valence-corrected chi connectivity index (χ3v) is 5.58. The zero-order valence-corrected chi connectivity index (χ0v) is 22.6. The number of nitrogens with zero attached hydrogens (tertiary/aromatic N) is 2. The van der Waals surface area contributed by atoms with Crippen molar-refractivity contribution in [1.29, 1.82) is 5.41 Å². The van der Waals surface area contributed by atoms with Gasteiger partial charge >= 0.3 is 5.97 Å². The second-order valence-electron chi connectivity index (χ2n) is 7.59. The summed E-state index contributed by atoms with van der Waals surface area (Å²) in [5.74, 6) is 2.77. The van der Waals surface area contributed by atoms with E-state index in [1.165, 1.54) is 30.8 Å². The lowest BCUT2D eigenvalue weighted by molar-refractivity contribution is -0.135. The monoisotopic (exact) mass is 519 g/mol. The number of aliphatic hydroxyl groups excluding tert-OH is 1. The molecule has 0 atom stereocenters. The van der Waals surface area contributed by atoms with Gasteiger partial charge in [-0.3, -0.25) is 9.79 Å². The van der Waals surface area contributed by atoms with Crippen LogP contribution in [0.5, 0.6) is 5.75 Å². The molecule has 7 nitrogen and oxygen atoms in total. The molecule has 0 aromatic heterocycles. The van der Waals surface area contributed by atoms with Gasteiger partial charge in [0, 0.05) is 30.7 Å². The molecule has 2 aromatic rings. The highest BCUT2D eigenvalue weighted by atomic mass is 32.2. The normalized spacial score (nSPS) is 12.2. The van der Waals surface area contributed by atoms with E-state index in [-0.39, 0.29) is 18.2 Å². The molecule has 1 heterocycles. The molecule has 1 aliphatic rings. The zero-order chi connectivity index (χ0) is 26.8. The van der Waals surface area contributed by atoms with Gasteiger partial charge in [0.05, 0.1) is 23.9 Å². The maximum Gasteiger partial charge on any atom is 0.309 e. The molecule has 1 saturated heterocycles. The predicted octanol–water partition coefficient (Wildman–Crippen LogP) is 5.97. The number of ether oxygens (including phenoxy) is 1. The van der Waals surface area contributed by atoms with Crippen LogP contribution in [0.15, 0.2) is 52.4 Å². The molecule has 3 rings (SSSR count). The smallest absolute Gasteiger partial charge is 0.309 e. The van der Waals surface area contributed by atoms with Crippen LogP contribution in [0.25, 0.3) is 0 Å². The van der Waals surface area contributed by atoms with Crippen molar-refractivity contribution in [3.63, 3.8) is 0 Å². The van der Waals surface area contributed by atoms with E-state index in [1.807, 2.05) is 38.8 Å². The number of hydrogen-bond acceptors (Lipinski definition) is 8. The second-order valence-corrected chi connectivity index (χ2v) is 8.76. The largest absolute Gasteiger partial charge is 0.491 e. The lowest BCUT2D eigenvalue weighted by Crippen LogP contribution is -2.08. The van der Waals surface area contributed by atoms with Crippen LogP contribution in [-0.4, -0.2) is 65.1 Å². The molecule has 0 amide bonds. The van der Waals surface area contributed by atoms with Crippen LogP contribution >= 0.6 is 24.2 Å². The van der Waals surface area contributed by atoms with Gasteiger partial charge in [0.1, 0.15) is 5.75 Å². The highest BCUT2D eigenvalue weighted by Gasteiger charge is 2.13. The van der Waals surface area contributed by atoms with E-state index >= 15 is 0 Å². The van der Waals surface area contributed by atoms with Crippen molar-refractivity contribution >= 4 is 54.1 Å². The quantitative estimate of drug-likeness (QED) is 0.224. The number of hydrogen-bond donors (Lipinski definition) is 3. The van der Waals surface area contributed by atoms with E-state index in [4.69, 9.17) is 20.4 Å². The molecule has 1 aliphatic heterocycles. The number of aliphatic hydroxyl groups is 1. The van der Waals surface area contributed by atoms with Crippen molar-refractivity contribution in [3.05, 3.63) is 53.6 Å². The van der Waals surface area contributed by atoms with E-state index < -0.39 is 5.97 Å². The Morgan fingerprint density at radius 1 is 1.17 bits per heavy atom. The average Bonchev–Trinajstić information content (AvgIpc) is 3.35. The van der Waals surface area contributed by atoms with Crippen molar-refractivity contribution in [2.75, 3.05) is 20.2 Å². The molecular weight excluding hydrogens is 482 g/mol. The number of nitrogens with one attached hydrogen (secondary N) is 1. The van der Waals surface area contributed by atoms with Gasteiger partial charge in [-0.15, -0.1) is 0 Å². The fraction of sp³-hybridized carbons (Fsp3) is 0.385. The van der Waals surface area contributed by atoms with Crippen LogP contribution in [0, 0.1) is 12.3 Å². The molecule has 0 radical (unpaired) electrons. The first-order valence-electron chi connectivity index (χ1n) is 11.1. The summed E-state index contributed by atoms with van der Waals surface area (Å²) in [6, 6.07) is 13.7. The summed E-state index contributed by atoms with van der Waals surface area (Å²) in [6.45, 7) is 11.8. The van der Waals surface area contributed by atoms with Crippen LogP contribution in [0.3, 0.4) is 0 Å². The van der Waals surface area contributed by atoms with Gasteiger partial charge in [0.15, 0.2) is 0 Å². The molecule has 3 N–H and O–H groups in total. The van der Waals surface area contributed by atoms with E-state index in [9.17, 15) is 4.79 Å². The third-order valence-electron chi connectivity index (χ3n) is 4.47. The van der Waals surface area contributed by atoms with Crippen molar-refractivity contribution in [3.8, 4) is 5.75 Å². The fourth-order valence-corrected chi connectivity index (χ4v) is 4.05. The molecule has 1 fully saturated rings. The Labute approximate surface area is 218 Å². The van der Waals surface area contributed by atoms with E-state index in [1.54, 1.807) is 12.1 Å². The molecule has 0 bridgehead atoms. The predicted molar refractivity (Wildman–Crippen MR) is 151 cm³/mol. The summed E-state index contributed by atoms with van der Waals surface area (Å²) >= 11 is 5.69. The summed E-state index contributed by atoms with van der Waals surface area (Å²) in [4.78, 5) is 15.5. The highest BCUT2D eigenvalue weighted by molar-refractivity contribution is 7.97. The first-order chi connectivity index (χ1) is 16.8. The number of benzene rings is 2. The Balaban J connectivity index is 0.000000580. The number of thiocarbonyl (C=S) groups is 1. The number of carboxylic acid groups (broad SMARTS) is 1. The number of carbonyl (C=O) groups is 1. The lowest BCUT2D eigenvalue weighted by Gasteiger charge is -2.14. The minimum absolute atomic E-state index is 0.0462. The molecule has 192 valence electrons. The second kappa shape index (κ2) is 18.7. The minimum atomic E-state index is -1.02. The topological polar surface area (TPSA) is 106 Å². The van der Waals surface area contributed by atoms with Crippen LogP contribution in [-0.2, 0) is 4.79 Å². The van der Waals surface area contributed by atoms with E-state index in [0.29, 0.717) is 11.3 Å². The third kappa shape index (κ3) is 13.2. The van der Waals surface area contributed by atoms with Gasteiger partial charge in [-0.25, -0.2) is 4.31 Å².